The van der Waals surface area contributed by atoms with Crippen molar-refractivity contribution in [2.24, 2.45) is 11.7 Å². The topological polar surface area (TPSA) is 149 Å². The van der Waals surface area contributed by atoms with Gasteiger partial charge in [0.1, 0.15) is 17.7 Å². The molecule has 7 atom stereocenters. The zero-order valence-corrected chi connectivity index (χ0v) is 22.8. The summed E-state index contributed by atoms with van der Waals surface area (Å²) in [4.78, 5) is 57.0. The summed E-state index contributed by atoms with van der Waals surface area (Å²) in [5.74, 6) is -0.536. The van der Waals surface area contributed by atoms with Crippen molar-refractivity contribution < 1.29 is 23.9 Å². The highest BCUT2D eigenvalue weighted by Crippen LogP contribution is 2.48. The van der Waals surface area contributed by atoms with Crippen LogP contribution in [-0.2, 0) is 14.3 Å². The lowest BCUT2D eigenvalue weighted by molar-refractivity contribution is -0.141. The van der Waals surface area contributed by atoms with Crippen LogP contribution in [0.3, 0.4) is 0 Å². The number of hydrogen-bond donors (Lipinski definition) is 2. The molecule has 3 heterocycles. The van der Waals surface area contributed by atoms with E-state index in [2.05, 4.69) is 11.4 Å². The van der Waals surface area contributed by atoms with E-state index >= 15 is 0 Å². The van der Waals surface area contributed by atoms with Crippen LogP contribution in [0, 0.1) is 17.2 Å². The summed E-state index contributed by atoms with van der Waals surface area (Å²) >= 11 is 0. The molecule has 1 aromatic rings. The van der Waals surface area contributed by atoms with Crippen molar-refractivity contribution in [3.8, 4) is 6.07 Å². The fourth-order valence-corrected chi connectivity index (χ4v) is 6.45. The van der Waals surface area contributed by atoms with Crippen LogP contribution >= 0.6 is 0 Å². The first-order chi connectivity index (χ1) is 18.4. The minimum Gasteiger partial charge on any atom is -0.444 e. The zero-order valence-electron chi connectivity index (χ0n) is 22.8. The van der Waals surface area contributed by atoms with Crippen molar-refractivity contribution >= 4 is 23.8 Å². The number of nitrogens with two attached hydrogens (primary N) is 1. The Labute approximate surface area is 228 Å². The lowest BCUT2D eigenvalue weighted by atomic mass is 10.0. The van der Waals surface area contributed by atoms with Crippen molar-refractivity contribution in [1.82, 2.24) is 20.0 Å². The van der Waals surface area contributed by atoms with Crippen LogP contribution in [-0.4, -0.2) is 87.4 Å². The molecule has 3 N–H and O–H groups in total. The van der Waals surface area contributed by atoms with Crippen LogP contribution in [0.5, 0.6) is 0 Å². The average molecular weight is 537 g/mol. The number of fused-ring (bicyclic) bond motifs is 3. The fourth-order valence-electron chi connectivity index (χ4n) is 6.45. The molecule has 1 aromatic carbocycles. The van der Waals surface area contributed by atoms with Gasteiger partial charge in [-0.2, -0.15) is 5.26 Å². The Hall–Kier alpha value is -3.65. The number of nitrogens with one attached hydrogen (secondary N) is 1. The summed E-state index contributed by atoms with van der Waals surface area (Å²) in [5.41, 5.74) is 5.92. The van der Waals surface area contributed by atoms with E-state index in [1.165, 1.54) is 0 Å². The molecule has 4 aliphatic rings. The van der Waals surface area contributed by atoms with E-state index in [1.807, 2.05) is 22.8 Å². The largest absolute Gasteiger partial charge is 0.444 e. The highest BCUT2D eigenvalue weighted by atomic mass is 16.6. The maximum atomic E-state index is 13.7. The highest BCUT2D eigenvalue weighted by Gasteiger charge is 2.56. The van der Waals surface area contributed by atoms with Crippen LogP contribution < -0.4 is 11.1 Å². The SMILES string of the molecule is C[C@@H](c1cccc(C(N)=O)c1)N1C(=O)[C@H]2C[C@@H]1CN2C[C@H](NC(=O)OC(C)(C)C)C(=O)N1[C@H](C#N)C[C@@H]2C[C@@H]21. The Kier molecular flexibility index (Phi) is 6.79. The van der Waals surface area contributed by atoms with E-state index in [0.29, 0.717) is 30.9 Å². The standard InChI is InChI=1S/C28H36N6O5/c1-15(16-6-5-7-17(8-16)24(30)35)33-20-11-23(26(33)37)32(13-20)14-21(31-27(38)39-28(2,3)4)25(36)34-19(12-29)9-18-10-22(18)34/h5-8,15,18-23H,9-11,13-14H2,1-4H3,(H2,30,35)(H,31,38)/t15-,18+,19-,20+,21-,22-,23+/m0/s1. The summed E-state index contributed by atoms with van der Waals surface area (Å²) in [6.07, 6.45) is 1.44. The van der Waals surface area contributed by atoms with Crippen LogP contribution in [0.1, 0.15) is 68.9 Å². The summed E-state index contributed by atoms with van der Waals surface area (Å²) in [6, 6.07) is 7.07. The average Bonchev–Trinajstić information content (AvgIpc) is 3.18. The predicted molar refractivity (Wildman–Crippen MR) is 140 cm³/mol. The summed E-state index contributed by atoms with van der Waals surface area (Å²) in [6.45, 7) is 7.87. The molecule has 4 amide bonds. The minimum atomic E-state index is -0.944. The number of alkyl carbamates (subject to hydrolysis) is 1. The van der Waals surface area contributed by atoms with Crippen molar-refractivity contribution in [3.63, 3.8) is 0 Å². The molecule has 0 spiro atoms. The molecule has 2 bridgehead atoms. The van der Waals surface area contributed by atoms with Gasteiger partial charge >= 0.3 is 6.09 Å². The minimum absolute atomic E-state index is 0.0363. The van der Waals surface area contributed by atoms with Crippen LogP contribution in [0.2, 0.25) is 0 Å². The van der Waals surface area contributed by atoms with Gasteiger partial charge in [-0.3, -0.25) is 19.3 Å². The van der Waals surface area contributed by atoms with E-state index in [-0.39, 0.29) is 36.5 Å². The summed E-state index contributed by atoms with van der Waals surface area (Å²) in [7, 11) is 0. The molecule has 3 saturated heterocycles. The molecule has 3 aliphatic heterocycles. The Morgan fingerprint density at radius 3 is 2.62 bits per heavy atom. The van der Waals surface area contributed by atoms with E-state index in [0.717, 1.165) is 12.0 Å². The number of likely N-dealkylation sites (tertiary alicyclic amines) is 3. The third-order valence-corrected chi connectivity index (χ3v) is 8.30. The van der Waals surface area contributed by atoms with Gasteiger partial charge < -0.3 is 25.6 Å². The van der Waals surface area contributed by atoms with Gasteiger partial charge in [0.15, 0.2) is 0 Å². The molecule has 1 saturated carbocycles. The van der Waals surface area contributed by atoms with Crippen molar-refractivity contribution in [2.75, 3.05) is 13.1 Å². The molecular weight excluding hydrogens is 500 g/mol. The van der Waals surface area contributed by atoms with Gasteiger partial charge in [-0.25, -0.2) is 4.79 Å². The number of benzene rings is 1. The van der Waals surface area contributed by atoms with E-state index in [1.54, 1.807) is 43.9 Å². The van der Waals surface area contributed by atoms with Gasteiger partial charge in [-0.15, -0.1) is 0 Å². The molecule has 11 nitrogen and oxygen atoms in total. The number of piperidine rings is 1. The number of nitrogens with zero attached hydrogens (tertiary/aromatic N) is 4. The molecule has 4 fully saturated rings. The van der Waals surface area contributed by atoms with Crippen molar-refractivity contribution in [2.45, 2.75) is 88.8 Å². The second-order valence-corrected chi connectivity index (χ2v) is 12.2. The number of primary amides is 1. The number of ether oxygens (including phenoxy) is 1. The van der Waals surface area contributed by atoms with Gasteiger partial charge in [-0.1, -0.05) is 12.1 Å². The molecule has 0 unspecified atom stereocenters. The maximum Gasteiger partial charge on any atom is 0.408 e. The number of carbonyl (C=O) groups is 4. The second-order valence-electron chi connectivity index (χ2n) is 12.2. The van der Waals surface area contributed by atoms with E-state index < -0.39 is 35.7 Å². The lowest BCUT2D eigenvalue weighted by Gasteiger charge is -2.39. The van der Waals surface area contributed by atoms with Crippen molar-refractivity contribution in [1.29, 1.82) is 5.26 Å². The number of hydrogen-bond acceptors (Lipinski definition) is 7. The molecule has 39 heavy (non-hydrogen) atoms. The molecule has 0 radical (unpaired) electrons. The van der Waals surface area contributed by atoms with Gasteiger partial charge in [0, 0.05) is 30.7 Å². The Balaban J connectivity index is 1.31. The Morgan fingerprint density at radius 2 is 1.97 bits per heavy atom. The monoisotopic (exact) mass is 536 g/mol. The maximum absolute atomic E-state index is 13.7. The summed E-state index contributed by atoms with van der Waals surface area (Å²) < 4.78 is 5.43. The van der Waals surface area contributed by atoms with Gasteiger partial charge in [-0.05, 0) is 70.6 Å². The molecule has 208 valence electrons. The summed E-state index contributed by atoms with van der Waals surface area (Å²) in [5, 5.41) is 12.4. The molecule has 1 aliphatic carbocycles. The Bertz CT molecular complexity index is 1240. The quantitative estimate of drug-likeness (QED) is 0.537. The van der Waals surface area contributed by atoms with Crippen LogP contribution in [0.15, 0.2) is 24.3 Å². The van der Waals surface area contributed by atoms with Crippen molar-refractivity contribution in [3.05, 3.63) is 35.4 Å². The first-order valence-corrected chi connectivity index (χ1v) is 13.5. The third-order valence-electron chi connectivity index (χ3n) is 8.30. The normalized spacial score (nSPS) is 29.0. The smallest absolute Gasteiger partial charge is 0.408 e. The molecule has 5 rings (SSSR count). The van der Waals surface area contributed by atoms with Gasteiger partial charge in [0.2, 0.25) is 17.7 Å². The third kappa shape index (κ3) is 5.17. The van der Waals surface area contributed by atoms with Gasteiger partial charge in [0.05, 0.1) is 18.2 Å². The number of nitriles is 1. The molecular formula is C28H36N6O5. The Morgan fingerprint density at radius 1 is 1.23 bits per heavy atom. The number of rotatable bonds is 7. The molecule has 0 aromatic heterocycles. The van der Waals surface area contributed by atoms with E-state index in [4.69, 9.17) is 10.5 Å². The number of piperazine rings is 1. The van der Waals surface area contributed by atoms with Crippen LogP contribution in [0.4, 0.5) is 4.79 Å². The fraction of sp³-hybridized carbons (Fsp3) is 0.607. The predicted octanol–water partition coefficient (Wildman–Crippen LogP) is 1.54. The number of carbonyl (C=O) groups excluding carboxylic acids is 4. The van der Waals surface area contributed by atoms with Gasteiger partial charge in [0.25, 0.3) is 0 Å². The van der Waals surface area contributed by atoms with E-state index in [9.17, 15) is 24.4 Å². The molecule has 11 heteroatoms. The lowest BCUT2D eigenvalue weighted by Crippen LogP contribution is -2.59. The zero-order chi connectivity index (χ0) is 28.2. The second kappa shape index (κ2) is 9.83. The van der Waals surface area contributed by atoms with Crippen LogP contribution in [0.25, 0.3) is 0 Å². The first-order valence-electron chi connectivity index (χ1n) is 13.5. The number of amides is 4. The highest BCUT2D eigenvalue weighted by molar-refractivity contribution is 5.93. The first kappa shape index (κ1) is 26.9.